The maximum atomic E-state index is 12.6. The third-order valence-electron chi connectivity index (χ3n) is 3.25. The number of aryl methyl sites for hydroxylation is 4. The summed E-state index contributed by atoms with van der Waals surface area (Å²) in [6.07, 6.45) is 3.46. The van der Waals surface area contributed by atoms with Crippen molar-refractivity contribution < 1.29 is 9.32 Å². The molecule has 0 fully saturated rings. The van der Waals surface area contributed by atoms with E-state index in [1.807, 2.05) is 13.8 Å². The molecule has 3 aromatic heterocycles. The zero-order valence-electron chi connectivity index (χ0n) is 13.2. The lowest BCUT2D eigenvalue weighted by Gasteiger charge is -2.13. The average Bonchev–Trinajstić information content (AvgIpc) is 3.17. The first-order chi connectivity index (χ1) is 10.9. The van der Waals surface area contributed by atoms with E-state index in [2.05, 4.69) is 25.5 Å². The minimum atomic E-state index is -0.546. The molecule has 0 aromatic carbocycles. The van der Waals surface area contributed by atoms with E-state index in [0.717, 1.165) is 15.4 Å². The van der Waals surface area contributed by atoms with Crippen LogP contribution < -0.4 is 5.32 Å². The molecule has 9 heteroatoms. The van der Waals surface area contributed by atoms with Crippen molar-refractivity contribution in [1.29, 1.82) is 0 Å². The Kier molecular flexibility index (Phi) is 3.95. The summed E-state index contributed by atoms with van der Waals surface area (Å²) in [5.41, 5.74) is 1.19. The summed E-state index contributed by atoms with van der Waals surface area (Å²) in [4.78, 5) is 21.9. The Morgan fingerprint density at radius 2 is 2.13 bits per heavy atom. The molecule has 1 atom stereocenters. The van der Waals surface area contributed by atoms with Crippen LogP contribution in [-0.4, -0.2) is 30.8 Å². The number of hydrogen-bond acceptors (Lipinski definition) is 7. The van der Waals surface area contributed by atoms with Gasteiger partial charge in [-0.1, -0.05) is 5.16 Å². The molecule has 0 aliphatic rings. The van der Waals surface area contributed by atoms with Gasteiger partial charge in [-0.2, -0.15) is 10.1 Å². The summed E-state index contributed by atoms with van der Waals surface area (Å²) in [6.45, 7) is 5.44. The highest BCUT2D eigenvalue weighted by molar-refractivity contribution is 7.11. The van der Waals surface area contributed by atoms with Crippen LogP contribution in [0.1, 0.15) is 43.7 Å². The number of rotatable bonds is 4. The zero-order chi connectivity index (χ0) is 16.6. The normalized spacial score (nSPS) is 12.3. The Bertz CT molecular complexity index is 809. The molecule has 23 heavy (non-hydrogen) atoms. The first kappa shape index (κ1) is 15.3. The highest BCUT2D eigenvalue weighted by Gasteiger charge is 2.25. The van der Waals surface area contributed by atoms with Crippen molar-refractivity contribution in [3.63, 3.8) is 0 Å². The number of aromatic nitrogens is 5. The van der Waals surface area contributed by atoms with Gasteiger partial charge < -0.3 is 9.84 Å². The number of nitrogens with one attached hydrogen (secondary N) is 1. The van der Waals surface area contributed by atoms with Crippen LogP contribution in [0.25, 0.3) is 0 Å². The maximum absolute atomic E-state index is 12.6. The number of carbonyl (C=O) groups excluding carboxylic acids is 1. The van der Waals surface area contributed by atoms with Crippen LogP contribution in [-0.2, 0) is 7.05 Å². The quantitative estimate of drug-likeness (QED) is 0.781. The van der Waals surface area contributed by atoms with E-state index in [1.54, 1.807) is 31.0 Å². The first-order valence-electron chi connectivity index (χ1n) is 6.97. The average molecular weight is 332 g/mol. The number of thiazole rings is 1. The van der Waals surface area contributed by atoms with Crippen molar-refractivity contribution in [1.82, 2.24) is 30.2 Å². The molecular formula is C14H16N6O2S. The van der Waals surface area contributed by atoms with Gasteiger partial charge in [-0.25, -0.2) is 4.98 Å². The Labute approximate surface area is 136 Å². The van der Waals surface area contributed by atoms with Gasteiger partial charge in [0.2, 0.25) is 5.89 Å². The standard InChI is InChI=1S/C14H16N6O2S/c1-7-11(17-9(3)23-7)14(21)18-12(10-5-15-20(4)6-10)13-16-8(2)22-19-13/h5-6,12H,1-4H3,(H,18,21). The Morgan fingerprint density at radius 1 is 1.35 bits per heavy atom. The number of hydrogen-bond donors (Lipinski definition) is 1. The predicted molar refractivity (Wildman–Crippen MR) is 83.1 cm³/mol. The van der Waals surface area contributed by atoms with Crippen LogP contribution in [0.5, 0.6) is 0 Å². The molecule has 1 unspecified atom stereocenters. The number of nitrogens with zero attached hydrogens (tertiary/aromatic N) is 5. The van der Waals surface area contributed by atoms with Gasteiger partial charge in [0, 0.05) is 30.6 Å². The molecule has 1 amide bonds. The molecule has 0 radical (unpaired) electrons. The molecule has 3 heterocycles. The van der Waals surface area contributed by atoms with Gasteiger partial charge in [-0.15, -0.1) is 11.3 Å². The number of carbonyl (C=O) groups is 1. The molecule has 3 aromatic rings. The highest BCUT2D eigenvalue weighted by Crippen LogP contribution is 2.22. The molecule has 120 valence electrons. The second kappa shape index (κ2) is 5.92. The number of amides is 1. The summed E-state index contributed by atoms with van der Waals surface area (Å²) in [7, 11) is 1.80. The van der Waals surface area contributed by atoms with Crippen LogP contribution in [0, 0.1) is 20.8 Å². The summed E-state index contributed by atoms with van der Waals surface area (Å²) in [5, 5.41) is 11.8. The van der Waals surface area contributed by atoms with Gasteiger partial charge in [0.25, 0.3) is 5.91 Å². The van der Waals surface area contributed by atoms with Gasteiger partial charge in [-0.05, 0) is 13.8 Å². The van der Waals surface area contributed by atoms with E-state index in [9.17, 15) is 4.79 Å². The van der Waals surface area contributed by atoms with Crippen LogP contribution in [0.4, 0.5) is 0 Å². The lowest BCUT2D eigenvalue weighted by molar-refractivity contribution is 0.0936. The largest absolute Gasteiger partial charge is 0.340 e. The van der Waals surface area contributed by atoms with Crippen LogP contribution in [0.3, 0.4) is 0 Å². The third-order valence-corrected chi connectivity index (χ3v) is 4.14. The molecule has 0 bridgehead atoms. The predicted octanol–water partition coefficient (Wildman–Crippen LogP) is 1.70. The summed E-state index contributed by atoms with van der Waals surface area (Å²) < 4.78 is 6.69. The van der Waals surface area contributed by atoms with Crippen molar-refractivity contribution >= 4 is 17.2 Å². The second-order valence-corrected chi connectivity index (χ2v) is 6.57. The fourth-order valence-corrected chi connectivity index (χ4v) is 3.07. The SMILES string of the molecule is Cc1nc(C(NC(=O)c2nc(C)sc2C)c2cnn(C)c2)no1. The molecule has 0 aliphatic carbocycles. The second-order valence-electron chi connectivity index (χ2n) is 5.16. The van der Waals surface area contributed by atoms with Crippen LogP contribution >= 0.6 is 11.3 Å². The zero-order valence-corrected chi connectivity index (χ0v) is 14.0. The van der Waals surface area contributed by atoms with Crippen molar-refractivity contribution in [3.8, 4) is 0 Å². The smallest absolute Gasteiger partial charge is 0.271 e. The molecular weight excluding hydrogens is 316 g/mol. The summed E-state index contributed by atoms with van der Waals surface area (Å²) in [6, 6.07) is -0.546. The third kappa shape index (κ3) is 3.14. The maximum Gasteiger partial charge on any atom is 0.271 e. The van der Waals surface area contributed by atoms with Gasteiger partial charge >= 0.3 is 0 Å². The van der Waals surface area contributed by atoms with Gasteiger partial charge in [0.1, 0.15) is 11.7 Å². The van der Waals surface area contributed by atoms with Crippen LogP contribution in [0.15, 0.2) is 16.9 Å². The first-order valence-corrected chi connectivity index (χ1v) is 7.79. The molecule has 0 aliphatic heterocycles. The minimum absolute atomic E-state index is 0.275. The summed E-state index contributed by atoms with van der Waals surface area (Å²) >= 11 is 1.49. The highest BCUT2D eigenvalue weighted by atomic mass is 32.1. The molecule has 3 rings (SSSR count). The van der Waals surface area contributed by atoms with E-state index in [4.69, 9.17) is 4.52 Å². The molecule has 1 N–H and O–H groups in total. The van der Waals surface area contributed by atoms with E-state index in [0.29, 0.717) is 17.4 Å². The lowest BCUT2D eigenvalue weighted by atomic mass is 10.1. The molecule has 8 nitrogen and oxygen atoms in total. The van der Waals surface area contributed by atoms with Crippen LogP contribution in [0.2, 0.25) is 0 Å². The van der Waals surface area contributed by atoms with Crippen molar-refractivity contribution in [2.45, 2.75) is 26.8 Å². The lowest BCUT2D eigenvalue weighted by Crippen LogP contribution is -2.30. The van der Waals surface area contributed by atoms with Crippen molar-refractivity contribution in [2.24, 2.45) is 7.05 Å². The monoisotopic (exact) mass is 332 g/mol. The Hall–Kier alpha value is -2.55. The van der Waals surface area contributed by atoms with Crippen molar-refractivity contribution in [3.05, 3.63) is 45.3 Å². The van der Waals surface area contributed by atoms with E-state index < -0.39 is 6.04 Å². The topological polar surface area (TPSA) is 98.7 Å². The minimum Gasteiger partial charge on any atom is -0.340 e. The van der Waals surface area contributed by atoms with E-state index in [1.165, 1.54) is 11.3 Å². The Morgan fingerprint density at radius 3 is 2.65 bits per heavy atom. The Balaban J connectivity index is 1.93. The molecule has 0 saturated heterocycles. The van der Waals surface area contributed by atoms with Crippen molar-refractivity contribution in [2.75, 3.05) is 0 Å². The molecule has 0 spiro atoms. The van der Waals surface area contributed by atoms with Gasteiger partial charge in [0.15, 0.2) is 5.82 Å². The van der Waals surface area contributed by atoms with E-state index >= 15 is 0 Å². The van der Waals surface area contributed by atoms with E-state index in [-0.39, 0.29) is 5.91 Å². The fourth-order valence-electron chi connectivity index (χ4n) is 2.26. The summed E-state index contributed by atoms with van der Waals surface area (Å²) in [5.74, 6) is 0.542. The van der Waals surface area contributed by atoms with Gasteiger partial charge in [0.05, 0.1) is 11.2 Å². The van der Waals surface area contributed by atoms with Gasteiger partial charge in [-0.3, -0.25) is 9.48 Å². The molecule has 0 saturated carbocycles. The fraction of sp³-hybridized carbons (Fsp3) is 0.357.